The number of amides is 1. The Bertz CT molecular complexity index is 973. The van der Waals surface area contributed by atoms with Gasteiger partial charge in [0, 0.05) is 30.6 Å². The second-order valence-electron chi connectivity index (χ2n) is 8.28. The van der Waals surface area contributed by atoms with Gasteiger partial charge in [0.25, 0.3) is 5.91 Å². The first-order valence-electron chi connectivity index (χ1n) is 10.8. The Morgan fingerprint density at radius 2 is 2.06 bits per heavy atom. The Morgan fingerprint density at radius 1 is 1.23 bits per heavy atom. The van der Waals surface area contributed by atoms with E-state index in [4.69, 9.17) is 4.74 Å². The van der Waals surface area contributed by atoms with Gasteiger partial charge in [-0.3, -0.25) is 9.69 Å². The molecule has 6 heteroatoms. The highest BCUT2D eigenvalue weighted by molar-refractivity contribution is 7.07. The second kappa shape index (κ2) is 10.6. The number of likely N-dealkylation sites (tertiary alicyclic amines) is 1. The third-order valence-electron chi connectivity index (χ3n) is 5.59. The first-order chi connectivity index (χ1) is 15.2. The molecule has 1 aromatic heterocycles. The third kappa shape index (κ3) is 6.39. The van der Waals surface area contributed by atoms with Gasteiger partial charge in [-0.15, -0.1) is 11.3 Å². The van der Waals surface area contributed by atoms with Crippen LogP contribution in [0.5, 0.6) is 5.75 Å². The highest BCUT2D eigenvalue weighted by atomic mass is 32.1. The molecule has 0 bridgehead atoms. The molecule has 2 heterocycles. The van der Waals surface area contributed by atoms with E-state index in [1.165, 1.54) is 42.8 Å². The topological polar surface area (TPSA) is 54.5 Å². The zero-order chi connectivity index (χ0) is 21.5. The molecule has 1 saturated heterocycles. The Hall–Kier alpha value is -2.70. The number of hydrogen-bond donors (Lipinski definition) is 1. The molecule has 5 nitrogen and oxygen atoms in total. The molecule has 0 aliphatic carbocycles. The quantitative estimate of drug-likeness (QED) is 0.548. The van der Waals surface area contributed by atoms with E-state index < -0.39 is 0 Å². The predicted molar refractivity (Wildman–Crippen MR) is 124 cm³/mol. The molecule has 0 radical (unpaired) electrons. The van der Waals surface area contributed by atoms with E-state index >= 15 is 0 Å². The molecular formula is C25H29N3O2S. The van der Waals surface area contributed by atoms with Crippen LogP contribution in [0, 0.1) is 5.92 Å². The Labute approximate surface area is 188 Å². The van der Waals surface area contributed by atoms with E-state index in [0.717, 1.165) is 23.7 Å². The van der Waals surface area contributed by atoms with Crippen molar-refractivity contribution in [2.24, 2.45) is 5.92 Å². The van der Waals surface area contributed by atoms with Crippen LogP contribution >= 0.6 is 11.3 Å². The number of aromatic nitrogens is 1. The van der Waals surface area contributed by atoms with Gasteiger partial charge in [0.15, 0.2) is 0 Å². The van der Waals surface area contributed by atoms with Crippen LogP contribution in [0.15, 0.2) is 59.4 Å². The zero-order valence-corrected chi connectivity index (χ0v) is 18.7. The normalized spacial score (nSPS) is 16.7. The fourth-order valence-electron chi connectivity index (χ4n) is 3.93. The van der Waals surface area contributed by atoms with Crippen molar-refractivity contribution in [2.45, 2.75) is 39.5 Å². The average Bonchev–Trinajstić information content (AvgIpc) is 3.31. The van der Waals surface area contributed by atoms with Gasteiger partial charge < -0.3 is 10.1 Å². The van der Waals surface area contributed by atoms with E-state index in [1.807, 2.05) is 17.5 Å². The molecule has 1 aliphatic heterocycles. The Kier molecular flexibility index (Phi) is 7.33. The van der Waals surface area contributed by atoms with Crippen molar-refractivity contribution in [3.63, 3.8) is 0 Å². The molecular weight excluding hydrogens is 406 g/mol. The number of benzene rings is 2. The molecule has 0 spiro atoms. The molecule has 1 aliphatic rings. The van der Waals surface area contributed by atoms with Crippen LogP contribution in [0.3, 0.4) is 0 Å². The standard InChI is InChI=1S/C25H29N3O2S/c1-19-4-3-11-28(14-19)15-21-9-7-20(8-10-21)13-26-25(29)22-5-2-6-24(12-22)30-16-23-17-31-18-27-23/h2,5-10,12,17-19H,3-4,11,13-16H2,1H3,(H,26,29). The summed E-state index contributed by atoms with van der Waals surface area (Å²) in [6.45, 7) is 6.62. The number of carbonyl (C=O) groups excluding carboxylic acids is 1. The molecule has 31 heavy (non-hydrogen) atoms. The number of ether oxygens (including phenoxy) is 1. The first-order valence-corrected chi connectivity index (χ1v) is 11.8. The minimum absolute atomic E-state index is 0.106. The summed E-state index contributed by atoms with van der Waals surface area (Å²) in [6, 6.07) is 15.8. The molecule has 1 fully saturated rings. The van der Waals surface area contributed by atoms with Crippen molar-refractivity contribution >= 4 is 17.2 Å². The Morgan fingerprint density at radius 3 is 2.84 bits per heavy atom. The molecule has 162 valence electrons. The maximum Gasteiger partial charge on any atom is 0.251 e. The highest BCUT2D eigenvalue weighted by Crippen LogP contribution is 2.18. The lowest BCUT2D eigenvalue weighted by Gasteiger charge is -2.30. The van der Waals surface area contributed by atoms with Gasteiger partial charge in [-0.25, -0.2) is 4.98 Å². The summed E-state index contributed by atoms with van der Waals surface area (Å²) in [7, 11) is 0. The summed E-state index contributed by atoms with van der Waals surface area (Å²) in [5.41, 5.74) is 5.68. The van der Waals surface area contributed by atoms with Crippen LogP contribution in [0.25, 0.3) is 0 Å². The van der Waals surface area contributed by atoms with Gasteiger partial charge in [0.05, 0.1) is 11.2 Å². The molecule has 1 atom stereocenters. The third-order valence-corrected chi connectivity index (χ3v) is 6.23. The van der Waals surface area contributed by atoms with Crippen molar-refractivity contribution in [1.29, 1.82) is 0 Å². The SMILES string of the molecule is CC1CCCN(Cc2ccc(CNC(=O)c3cccc(OCc4cscn4)c3)cc2)C1. The summed E-state index contributed by atoms with van der Waals surface area (Å²) < 4.78 is 5.75. The lowest BCUT2D eigenvalue weighted by atomic mass is 9.99. The predicted octanol–water partition coefficient (Wildman–Crippen LogP) is 4.88. The number of piperidine rings is 1. The number of thiazole rings is 1. The molecule has 2 aromatic carbocycles. The van der Waals surface area contributed by atoms with Gasteiger partial charge in [0.2, 0.25) is 0 Å². The smallest absolute Gasteiger partial charge is 0.251 e. The largest absolute Gasteiger partial charge is 0.487 e. The van der Waals surface area contributed by atoms with Gasteiger partial charge in [-0.05, 0) is 54.6 Å². The average molecular weight is 436 g/mol. The van der Waals surface area contributed by atoms with Gasteiger partial charge >= 0.3 is 0 Å². The van der Waals surface area contributed by atoms with Gasteiger partial charge in [-0.1, -0.05) is 37.3 Å². The second-order valence-corrected chi connectivity index (χ2v) is 9.00. The van der Waals surface area contributed by atoms with Gasteiger partial charge in [-0.2, -0.15) is 0 Å². The minimum atomic E-state index is -0.106. The van der Waals surface area contributed by atoms with Crippen LogP contribution < -0.4 is 10.1 Å². The van der Waals surface area contributed by atoms with Crippen LogP contribution in [-0.2, 0) is 19.7 Å². The van der Waals surface area contributed by atoms with Gasteiger partial charge in [0.1, 0.15) is 12.4 Å². The number of rotatable bonds is 8. The van der Waals surface area contributed by atoms with E-state index in [-0.39, 0.29) is 5.91 Å². The molecule has 1 unspecified atom stereocenters. The molecule has 3 aromatic rings. The van der Waals surface area contributed by atoms with Crippen molar-refractivity contribution in [1.82, 2.24) is 15.2 Å². The van der Waals surface area contributed by atoms with E-state index in [1.54, 1.807) is 17.6 Å². The number of nitrogens with one attached hydrogen (secondary N) is 1. The lowest BCUT2D eigenvalue weighted by molar-refractivity contribution is 0.0950. The molecule has 0 saturated carbocycles. The number of carbonyl (C=O) groups is 1. The summed E-state index contributed by atoms with van der Waals surface area (Å²) in [6.07, 6.45) is 2.64. The van der Waals surface area contributed by atoms with E-state index in [2.05, 4.69) is 46.4 Å². The number of hydrogen-bond acceptors (Lipinski definition) is 5. The summed E-state index contributed by atoms with van der Waals surface area (Å²) in [5.74, 6) is 1.35. The summed E-state index contributed by atoms with van der Waals surface area (Å²) >= 11 is 1.54. The molecule has 1 N–H and O–H groups in total. The van der Waals surface area contributed by atoms with Crippen LogP contribution in [0.1, 0.15) is 46.9 Å². The van der Waals surface area contributed by atoms with E-state index in [0.29, 0.717) is 24.5 Å². The zero-order valence-electron chi connectivity index (χ0n) is 17.9. The van der Waals surface area contributed by atoms with Crippen molar-refractivity contribution in [3.8, 4) is 5.75 Å². The maximum atomic E-state index is 12.6. The first kappa shape index (κ1) is 21.5. The minimum Gasteiger partial charge on any atom is -0.487 e. The monoisotopic (exact) mass is 435 g/mol. The summed E-state index contributed by atoms with van der Waals surface area (Å²) in [4.78, 5) is 19.3. The van der Waals surface area contributed by atoms with Crippen molar-refractivity contribution in [2.75, 3.05) is 13.1 Å². The fraction of sp³-hybridized carbons (Fsp3) is 0.360. The van der Waals surface area contributed by atoms with Crippen LogP contribution in [0.2, 0.25) is 0 Å². The van der Waals surface area contributed by atoms with Crippen LogP contribution in [0.4, 0.5) is 0 Å². The maximum absolute atomic E-state index is 12.6. The van der Waals surface area contributed by atoms with Crippen molar-refractivity contribution < 1.29 is 9.53 Å². The summed E-state index contributed by atoms with van der Waals surface area (Å²) in [5, 5.41) is 4.96. The van der Waals surface area contributed by atoms with E-state index in [9.17, 15) is 4.79 Å². The fourth-order valence-corrected chi connectivity index (χ4v) is 4.47. The lowest BCUT2D eigenvalue weighted by Crippen LogP contribution is -2.33. The van der Waals surface area contributed by atoms with Crippen LogP contribution in [-0.4, -0.2) is 28.9 Å². The highest BCUT2D eigenvalue weighted by Gasteiger charge is 2.16. The van der Waals surface area contributed by atoms with Crippen molar-refractivity contribution in [3.05, 3.63) is 81.8 Å². The Balaban J connectivity index is 1.27. The number of nitrogens with zero attached hydrogens (tertiary/aromatic N) is 2. The molecule has 4 rings (SSSR count). The molecule has 1 amide bonds.